The first kappa shape index (κ1) is 24.2. The van der Waals surface area contributed by atoms with Gasteiger partial charge in [0.25, 0.3) is 5.91 Å². The lowest BCUT2D eigenvalue weighted by Gasteiger charge is -2.18. The molecule has 6 heteroatoms. The SMILES string of the molecule is CCCN(C)c1ccc(C(=O)Nc2ccccc2CNCC)cc1.Cl.Cl. The molecule has 0 spiro atoms. The minimum atomic E-state index is -0.0800. The fourth-order valence-electron chi connectivity index (χ4n) is 2.58. The van der Waals surface area contributed by atoms with Gasteiger partial charge in [-0.05, 0) is 48.9 Å². The summed E-state index contributed by atoms with van der Waals surface area (Å²) in [6.45, 7) is 6.87. The van der Waals surface area contributed by atoms with Crippen LogP contribution in [0.2, 0.25) is 0 Å². The summed E-state index contributed by atoms with van der Waals surface area (Å²) in [5.74, 6) is -0.0800. The Morgan fingerprint density at radius 3 is 2.27 bits per heavy atom. The van der Waals surface area contributed by atoms with Crippen LogP contribution in [-0.4, -0.2) is 26.0 Å². The molecule has 0 aliphatic rings. The van der Waals surface area contributed by atoms with Crippen LogP contribution in [0.4, 0.5) is 11.4 Å². The van der Waals surface area contributed by atoms with Gasteiger partial charge in [-0.2, -0.15) is 0 Å². The molecular weight excluding hydrogens is 369 g/mol. The summed E-state index contributed by atoms with van der Waals surface area (Å²) in [6, 6.07) is 15.6. The van der Waals surface area contributed by atoms with Gasteiger partial charge < -0.3 is 15.5 Å². The maximum Gasteiger partial charge on any atom is 0.255 e. The van der Waals surface area contributed by atoms with E-state index in [1.807, 2.05) is 48.5 Å². The molecule has 0 heterocycles. The maximum atomic E-state index is 12.5. The zero-order valence-electron chi connectivity index (χ0n) is 15.6. The van der Waals surface area contributed by atoms with E-state index < -0.39 is 0 Å². The molecule has 0 saturated carbocycles. The van der Waals surface area contributed by atoms with Crippen LogP contribution in [-0.2, 0) is 6.54 Å². The zero-order chi connectivity index (χ0) is 17.4. The highest BCUT2D eigenvalue weighted by atomic mass is 35.5. The number of rotatable bonds is 8. The average Bonchev–Trinajstić information content (AvgIpc) is 2.61. The van der Waals surface area contributed by atoms with Crippen LogP contribution < -0.4 is 15.5 Å². The number of carbonyl (C=O) groups is 1. The number of carbonyl (C=O) groups excluding carboxylic acids is 1. The molecule has 26 heavy (non-hydrogen) atoms. The summed E-state index contributed by atoms with van der Waals surface area (Å²) in [4.78, 5) is 14.7. The van der Waals surface area contributed by atoms with Crippen molar-refractivity contribution in [3.63, 3.8) is 0 Å². The molecule has 144 valence electrons. The predicted octanol–water partition coefficient (Wildman–Crippen LogP) is 4.74. The van der Waals surface area contributed by atoms with Crippen molar-refractivity contribution in [2.45, 2.75) is 26.8 Å². The van der Waals surface area contributed by atoms with Gasteiger partial charge in [-0.25, -0.2) is 0 Å². The standard InChI is InChI=1S/C20H27N3O.2ClH/c1-4-14-23(3)18-12-10-16(11-13-18)20(24)22-19-9-7-6-8-17(19)15-21-5-2;;/h6-13,21H,4-5,14-15H2,1-3H3,(H,22,24);2*1H. The number of para-hydroxylation sites is 1. The van der Waals surface area contributed by atoms with Crippen molar-refractivity contribution < 1.29 is 4.79 Å². The van der Waals surface area contributed by atoms with Gasteiger partial charge in [-0.1, -0.05) is 32.0 Å². The Balaban J connectivity index is 0.00000312. The van der Waals surface area contributed by atoms with Gasteiger partial charge >= 0.3 is 0 Å². The molecule has 0 atom stereocenters. The summed E-state index contributed by atoms with van der Waals surface area (Å²) >= 11 is 0. The van der Waals surface area contributed by atoms with Gasteiger partial charge in [0.1, 0.15) is 0 Å². The second kappa shape index (κ2) is 12.6. The maximum absolute atomic E-state index is 12.5. The van der Waals surface area contributed by atoms with Crippen molar-refractivity contribution in [2.24, 2.45) is 0 Å². The van der Waals surface area contributed by atoms with Gasteiger partial charge in [0.2, 0.25) is 0 Å². The molecule has 0 saturated heterocycles. The summed E-state index contributed by atoms with van der Waals surface area (Å²) in [5, 5.41) is 6.31. The van der Waals surface area contributed by atoms with Gasteiger partial charge in [-0.15, -0.1) is 24.8 Å². The van der Waals surface area contributed by atoms with Crippen molar-refractivity contribution in [1.29, 1.82) is 0 Å². The second-order valence-corrected chi connectivity index (χ2v) is 5.86. The first-order valence-electron chi connectivity index (χ1n) is 8.56. The molecule has 2 N–H and O–H groups in total. The van der Waals surface area contributed by atoms with E-state index in [0.717, 1.165) is 43.0 Å². The fraction of sp³-hybridized carbons (Fsp3) is 0.350. The Labute approximate surface area is 169 Å². The van der Waals surface area contributed by atoms with Crippen LogP contribution in [0.25, 0.3) is 0 Å². The van der Waals surface area contributed by atoms with Gasteiger partial charge in [-0.3, -0.25) is 4.79 Å². The summed E-state index contributed by atoms with van der Waals surface area (Å²) in [7, 11) is 2.07. The highest BCUT2D eigenvalue weighted by Gasteiger charge is 2.09. The Morgan fingerprint density at radius 2 is 1.65 bits per heavy atom. The van der Waals surface area contributed by atoms with E-state index in [9.17, 15) is 4.79 Å². The molecule has 0 fully saturated rings. The van der Waals surface area contributed by atoms with E-state index >= 15 is 0 Å². The molecule has 4 nitrogen and oxygen atoms in total. The summed E-state index contributed by atoms with van der Waals surface area (Å²) in [5.41, 5.74) is 3.74. The first-order chi connectivity index (χ1) is 11.7. The average molecular weight is 398 g/mol. The largest absolute Gasteiger partial charge is 0.375 e. The normalized spacial score (nSPS) is 9.65. The fourth-order valence-corrected chi connectivity index (χ4v) is 2.58. The highest BCUT2D eigenvalue weighted by Crippen LogP contribution is 2.18. The molecule has 2 rings (SSSR count). The smallest absolute Gasteiger partial charge is 0.255 e. The van der Waals surface area contributed by atoms with Crippen molar-refractivity contribution in [2.75, 3.05) is 30.4 Å². The lowest BCUT2D eigenvalue weighted by molar-refractivity contribution is 0.102. The van der Waals surface area contributed by atoms with E-state index in [1.54, 1.807) is 0 Å². The topological polar surface area (TPSA) is 44.4 Å². The van der Waals surface area contributed by atoms with Crippen molar-refractivity contribution in [3.05, 3.63) is 59.7 Å². The monoisotopic (exact) mass is 397 g/mol. The molecule has 0 bridgehead atoms. The minimum absolute atomic E-state index is 0. The number of hydrogen-bond acceptors (Lipinski definition) is 3. The third kappa shape index (κ3) is 6.87. The molecule has 0 aliphatic heterocycles. The molecule has 0 aromatic heterocycles. The summed E-state index contributed by atoms with van der Waals surface area (Å²) < 4.78 is 0. The Morgan fingerprint density at radius 1 is 1.00 bits per heavy atom. The Hall–Kier alpha value is -1.75. The molecule has 2 aromatic carbocycles. The molecule has 0 radical (unpaired) electrons. The van der Waals surface area contributed by atoms with E-state index in [2.05, 4.69) is 36.4 Å². The van der Waals surface area contributed by atoms with Crippen LogP contribution in [0.5, 0.6) is 0 Å². The third-order valence-electron chi connectivity index (χ3n) is 3.96. The number of hydrogen-bond donors (Lipinski definition) is 2. The number of halogens is 2. The number of benzene rings is 2. The Bertz CT molecular complexity index is 662. The van der Waals surface area contributed by atoms with E-state index in [1.165, 1.54) is 0 Å². The number of nitrogens with one attached hydrogen (secondary N) is 2. The minimum Gasteiger partial charge on any atom is -0.375 e. The first-order valence-corrected chi connectivity index (χ1v) is 8.56. The lowest BCUT2D eigenvalue weighted by atomic mass is 10.1. The van der Waals surface area contributed by atoms with Gasteiger partial charge in [0, 0.05) is 37.1 Å². The lowest BCUT2D eigenvalue weighted by Crippen LogP contribution is -2.19. The molecule has 0 unspecified atom stereocenters. The quantitative estimate of drug-likeness (QED) is 0.675. The van der Waals surface area contributed by atoms with Crippen molar-refractivity contribution >= 4 is 42.1 Å². The molecule has 2 aromatic rings. The number of amides is 1. The number of nitrogens with zero attached hydrogens (tertiary/aromatic N) is 1. The van der Waals surface area contributed by atoms with Gasteiger partial charge in [0.15, 0.2) is 0 Å². The summed E-state index contributed by atoms with van der Waals surface area (Å²) in [6.07, 6.45) is 1.10. The number of anilines is 2. The van der Waals surface area contributed by atoms with Crippen LogP contribution in [0.15, 0.2) is 48.5 Å². The molecule has 1 amide bonds. The van der Waals surface area contributed by atoms with E-state index in [0.29, 0.717) is 5.56 Å². The molecule has 0 aliphatic carbocycles. The predicted molar refractivity (Wildman–Crippen MR) is 116 cm³/mol. The van der Waals surface area contributed by atoms with Crippen molar-refractivity contribution in [1.82, 2.24) is 5.32 Å². The second-order valence-electron chi connectivity index (χ2n) is 5.86. The third-order valence-corrected chi connectivity index (χ3v) is 3.96. The molecular formula is C20H29Cl2N3O. The van der Waals surface area contributed by atoms with Crippen LogP contribution in [0.3, 0.4) is 0 Å². The Kier molecular flexibility index (Phi) is 11.7. The van der Waals surface area contributed by atoms with Crippen LogP contribution in [0.1, 0.15) is 36.2 Å². The zero-order valence-corrected chi connectivity index (χ0v) is 17.3. The van der Waals surface area contributed by atoms with E-state index in [-0.39, 0.29) is 30.7 Å². The van der Waals surface area contributed by atoms with Gasteiger partial charge in [0.05, 0.1) is 0 Å². The highest BCUT2D eigenvalue weighted by molar-refractivity contribution is 6.04. The van der Waals surface area contributed by atoms with Crippen LogP contribution in [0, 0.1) is 0 Å². The van der Waals surface area contributed by atoms with E-state index in [4.69, 9.17) is 0 Å². The van der Waals surface area contributed by atoms with Crippen molar-refractivity contribution in [3.8, 4) is 0 Å². The van der Waals surface area contributed by atoms with Crippen LogP contribution >= 0.6 is 24.8 Å².